The van der Waals surface area contributed by atoms with E-state index in [1.165, 1.54) is 39.3 Å². The highest BCUT2D eigenvalue weighted by molar-refractivity contribution is 6.23. The van der Waals surface area contributed by atoms with E-state index in [1.54, 1.807) is 54.6 Å². The summed E-state index contributed by atoms with van der Waals surface area (Å²) >= 11 is 0. The second-order valence-electron chi connectivity index (χ2n) is 15.6. The number of hydrazine groups is 1. The van der Waals surface area contributed by atoms with Crippen molar-refractivity contribution in [1.82, 2.24) is 5.01 Å². The van der Waals surface area contributed by atoms with Crippen LogP contribution in [0, 0.1) is 50.8 Å². The Labute approximate surface area is 343 Å². The first-order chi connectivity index (χ1) is 28.6. The molecule has 6 atom stereocenters. The number of methoxy groups -OCH3 is 2. The molecule has 0 radical (unpaired) electrons. The number of anilines is 3. The first kappa shape index (κ1) is 39.5. The number of imide groups is 2. The van der Waals surface area contributed by atoms with Crippen LogP contribution in [-0.2, 0) is 24.6 Å². The van der Waals surface area contributed by atoms with Gasteiger partial charge in [-0.15, -0.1) is 0 Å². The minimum atomic E-state index is -1.74. The molecule has 1 saturated carbocycles. The molecule has 2 N–H and O–H groups in total. The molecule has 4 aliphatic rings. The molecule has 17 heteroatoms. The number of nitrogens with zero attached hydrogens (tertiary/aromatic N) is 5. The van der Waals surface area contributed by atoms with Gasteiger partial charge in [-0.3, -0.25) is 44.8 Å². The summed E-state index contributed by atoms with van der Waals surface area (Å²) in [5.41, 5.74) is 1.78. The smallest absolute Gasteiger partial charge is 0.301 e. The molecule has 0 bridgehead atoms. The van der Waals surface area contributed by atoms with Crippen LogP contribution in [0.1, 0.15) is 35.4 Å². The number of nitro groups is 2. The predicted octanol–water partition coefficient (Wildman–Crippen LogP) is 5.79. The number of carbonyl (C=O) groups is 4. The van der Waals surface area contributed by atoms with E-state index in [0.717, 1.165) is 27.6 Å². The van der Waals surface area contributed by atoms with Crippen LogP contribution >= 0.6 is 0 Å². The van der Waals surface area contributed by atoms with Gasteiger partial charge in [0.1, 0.15) is 17.2 Å². The van der Waals surface area contributed by atoms with E-state index >= 15 is 9.59 Å². The molecule has 3 fully saturated rings. The molecule has 0 aromatic heterocycles. The van der Waals surface area contributed by atoms with E-state index in [0.29, 0.717) is 16.8 Å². The Hall–Kier alpha value is -7.30. The van der Waals surface area contributed by atoms with Gasteiger partial charge in [-0.1, -0.05) is 59.7 Å². The third-order valence-corrected chi connectivity index (χ3v) is 12.4. The highest BCUT2D eigenvalue weighted by Crippen LogP contribution is 2.66. The van der Waals surface area contributed by atoms with Crippen molar-refractivity contribution in [3.63, 3.8) is 0 Å². The Kier molecular flexibility index (Phi) is 9.56. The van der Waals surface area contributed by atoms with E-state index in [2.05, 4.69) is 5.43 Å². The van der Waals surface area contributed by atoms with Crippen LogP contribution in [0.4, 0.5) is 28.4 Å². The van der Waals surface area contributed by atoms with Crippen molar-refractivity contribution in [1.29, 1.82) is 0 Å². The van der Waals surface area contributed by atoms with E-state index in [9.17, 15) is 34.9 Å². The summed E-state index contributed by atoms with van der Waals surface area (Å²) in [4.78, 5) is 84.7. The first-order valence-electron chi connectivity index (χ1n) is 19.1. The average Bonchev–Trinajstić information content (AvgIpc) is 3.61. The maximum Gasteiger partial charge on any atom is 0.301 e. The molecule has 4 aromatic carbocycles. The number of benzene rings is 4. The second-order valence-corrected chi connectivity index (χ2v) is 15.6. The summed E-state index contributed by atoms with van der Waals surface area (Å²) in [7, 11) is 5.61. The van der Waals surface area contributed by atoms with Crippen LogP contribution in [0.25, 0.3) is 0 Å². The van der Waals surface area contributed by atoms with Gasteiger partial charge in [0.25, 0.3) is 11.8 Å². The fourth-order valence-corrected chi connectivity index (χ4v) is 9.94. The predicted molar refractivity (Wildman–Crippen MR) is 217 cm³/mol. The summed E-state index contributed by atoms with van der Waals surface area (Å²) in [5.74, 6) is -8.08. The zero-order chi connectivity index (χ0) is 42.9. The largest absolute Gasteiger partial charge is 0.507 e. The van der Waals surface area contributed by atoms with Gasteiger partial charge >= 0.3 is 11.4 Å². The number of allylic oxidation sites excluding steroid dienone is 2. The summed E-state index contributed by atoms with van der Waals surface area (Å²) < 4.78 is 11.3. The van der Waals surface area contributed by atoms with Crippen LogP contribution in [0.15, 0.2) is 90.5 Å². The summed E-state index contributed by atoms with van der Waals surface area (Å²) in [6.07, 6.45) is 1.64. The van der Waals surface area contributed by atoms with Gasteiger partial charge in [-0.25, -0.2) is 4.90 Å². The number of amides is 4. The highest BCUT2D eigenvalue weighted by Gasteiger charge is 2.71. The van der Waals surface area contributed by atoms with E-state index in [4.69, 9.17) is 9.47 Å². The minimum Gasteiger partial charge on any atom is -0.507 e. The van der Waals surface area contributed by atoms with Gasteiger partial charge in [0.05, 0.1) is 58.6 Å². The second kappa shape index (κ2) is 14.5. The van der Waals surface area contributed by atoms with Crippen LogP contribution in [0.3, 0.4) is 0 Å². The Bertz CT molecular complexity index is 2510. The third kappa shape index (κ3) is 5.74. The number of phenols is 1. The third-order valence-electron chi connectivity index (χ3n) is 12.4. The molecule has 2 heterocycles. The van der Waals surface area contributed by atoms with Gasteiger partial charge < -0.3 is 19.5 Å². The van der Waals surface area contributed by atoms with E-state index in [1.807, 2.05) is 19.1 Å². The molecule has 17 nitrogen and oxygen atoms in total. The Morgan fingerprint density at radius 3 is 2.08 bits per heavy atom. The van der Waals surface area contributed by atoms with Crippen molar-refractivity contribution < 1.29 is 43.6 Å². The zero-order valence-electron chi connectivity index (χ0n) is 33.1. The Balaban J connectivity index is 1.34. The summed E-state index contributed by atoms with van der Waals surface area (Å²) in [5, 5.41) is 37.5. The normalized spacial score (nSPS) is 24.4. The lowest BCUT2D eigenvalue weighted by molar-refractivity contribution is -0.392. The molecule has 308 valence electrons. The van der Waals surface area contributed by atoms with Crippen molar-refractivity contribution >= 4 is 52.1 Å². The number of carbonyl (C=O) groups excluding carboxylic acids is 4. The van der Waals surface area contributed by atoms with Gasteiger partial charge in [0, 0.05) is 49.8 Å². The van der Waals surface area contributed by atoms with Crippen LogP contribution in [0.2, 0.25) is 0 Å². The Morgan fingerprint density at radius 2 is 1.50 bits per heavy atom. The highest BCUT2D eigenvalue weighted by atomic mass is 16.6. The number of fused-ring (bicyclic) bond motifs is 4. The van der Waals surface area contributed by atoms with Crippen LogP contribution in [-0.4, -0.2) is 71.9 Å². The standard InChI is InChI=1S/C43H40N6O11/c1-22-11-13-24(14-12-22)44-47-40(52)30-21-29-27(37(36-33(50)19-26(59-4)20-34(36)60-5)43(30,42(47)54)23-9-7-6-8-10-23)15-16-28-35(29)41(53)46(39(28)51)25-17-31(48(55)56)38(45(2)3)32(18-25)49(57)58/h6-15,17-20,28-30,35,37,44,50H,16,21H2,1-5H3/t28-,29+,30-,35-,37+,43+/m0/s1. The van der Waals surface area contributed by atoms with E-state index in [-0.39, 0.29) is 47.0 Å². The molecule has 4 aromatic rings. The molecule has 2 aliphatic carbocycles. The molecule has 2 saturated heterocycles. The molecule has 0 spiro atoms. The lowest BCUT2D eigenvalue weighted by atomic mass is 9.49. The van der Waals surface area contributed by atoms with Crippen LogP contribution < -0.4 is 24.7 Å². The lowest BCUT2D eigenvalue weighted by Crippen LogP contribution is -2.53. The lowest BCUT2D eigenvalue weighted by Gasteiger charge is -2.50. The fourth-order valence-electron chi connectivity index (χ4n) is 9.94. The molecule has 2 aliphatic heterocycles. The number of hydrogen-bond acceptors (Lipinski definition) is 13. The number of nitro benzene ring substituents is 2. The van der Waals surface area contributed by atoms with Crippen molar-refractivity contribution in [2.45, 2.75) is 31.1 Å². The monoisotopic (exact) mass is 816 g/mol. The maximum absolute atomic E-state index is 15.5. The van der Waals surface area contributed by atoms with Gasteiger partial charge in [0.15, 0.2) is 5.69 Å². The Morgan fingerprint density at radius 1 is 0.850 bits per heavy atom. The van der Waals surface area contributed by atoms with Crippen molar-refractivity contribution in [2.75, 3.05) is 43.5 Å². The molecule has 0 unspecified atom stereocenters. The number of aryl methyl sites for hydroxylation is 1. The van der Waals surface area contributed by atoms with Crippen LogP contribution in [0.5, 0.6) is 17.2 Å². The molecule has 60 heavy (non-hydrogen) atoms. The summed E-state index contributed by atoms with van der Waals surface area (Å²) in [6, 6.07) is 20.7. The van der Waals surface area contributed by atoms with Crippen molar-refractivity contribution in [3.05, 3.63) is 127 Å². The number of nitrogens with one attached hydrogen (secondary N) is 1. The quantitative estimate of drug-likeness (QED) is 0.0840. The number of ether oxygens (including phenoxy) is 2. The number of rotatable bonds is 10. The first-order valence-corrected chi connectivity index (χ1v) is 19.1. The van der Waals surface area contributed by atoms with Gasteiger partial charge in [-0.2, -0.15) is 5.01 Å². The molecular formula is C43H40N6O11. The van der Waals surface area contributed by atoms with Gasteiger partial charge in [0.2, 0.25) is 11.8 Å². The average molecular weight is 817 g/mol. The molecule has 4 amide bonds. The topological polar surface area (TPSA) is 215 Å². The molecule has 8 rings (SSSR count). The SMILES string of the molecule is COc1cc(O)c([C@H]2C3=CC[C@@H]4C(=O)N(c5cc([N+](=O)[O-])c(N(C)C)c([N+](=O)[O-])c5)C(=O)[C@@H]4[C@@H]3C[C@H]3C(=O)N(Nc4ccc(C)cc4)C(=O)[C@@]23c2ccccc2)c(OC)c1. The van der Waals surface area contributed by atoms with E-state index < -0.39 is 79.9 Å². The van der Waals surface area contributed by atoms with Gasteiger partial charge in [-0.05, 0) is 43.4 Å². The fraction of sp³-hybridized carbons (Fsp3) is 0.302. The number of hydrogen-bond donors (Lipinski definition) is 2. The molecular weight excluding hydrogens is 777 g/mol. The van der Waals surface area contributed by atoms with Crippen molar-refractivity contribution in [3.8, 4) is 17.2 Å². The van der Waals surface area contributed by atoms with Crippen molar-refractivity contribution in [2.24, 2.45) is 23.7 Å². The number of phenolic OH excluding ortho intramolecular Hbond substituents is 1. The number of aromatic hydroxyl groups is 1. The summed E-state index contributed by atoms with van der Waals surface area (Å²) in [6.45, 7) is 1.90. The minimum absolute atomic E-state index is 0.0315. The maximum atomic E-state index is 15.5. The zero-order valence-corrected chi connectivity index (χ0v) is 33.1.